The molecular weight excluding hydrogens is 531 g/mol. The summed E-state index contributed by atoms with van der Waals surface area (Å²) in [5, 5.41) is 3.26. The molecule has 2 amide bonds. The van der Waals surface area contributed by atoms with E-state index in [0.717, 1.165) is 31.2 Å². The van der Waals surface area contributed by atoms with Gasteiger partial charge in [0.15, 0.2) is 0 Å². The molecule has 0 aromatic heterocycles. The quantitative estimate of drug-likeness (QED) is 0.375. The number of hydrogen-bond donors (Lipinski definition) is 1. The van der Waals surface area contributed by atoms with E-state index in [9.17, 15) is 31.2 Å². The first-order valence-electron chi connectivity index (χ1n) is 11.7. The third-order valence-electron chi connectivity index (χ3n) is 5.62. The van der Waals surface area contributed by atoms with Crippen LogP contribution in [0.5, 0.6) is 0 Å². The molecule has 0 spiro atoms. The number of nitrogens with zero attached hydrogens (tertiary/aromatic N) is 2. The average Bonchev–Trinajstić information content (AvgIpc) is 2.82. The van der Waals surface area contributed by atoms with Crippen molar-refractivity contribution in [2.45, 2.75) is 51.9 Å². The van der Waals surface area contributed by atoms with Crippen LogP contribution >= 0.6 is 11.6 Å². The van der Waals surface area contributed by atoms with Gasteiger partial charge in [-0.25, -0.2) is 8.42 Å². The van der Waals surface area contributed by atoms with E-state index < -0.39 is 46.2 Å². The van der Waals surface area contributed by atoms with Crippen LogP contribution in [0.1, 0.15) is 44.2 Å². The van der Waals surface area contributed by atoms with Crippen molar-refractivity contribution < 1.29 is 31.2 Å². The summed E-state index contributed by atoms with van der Waals surface area (Å²) in [7, 11) is -4.16. The maximum absolute atomic E-state index is 13.6. The number of carbonyl (C=O) groups excluding carboxylic acids is 2. The lowest BCUT2D eigenvalue weighted by Gasteiger charge is -2.33. The Morgan fingerprint density at radius 3 is 2.27 bits per heavy atom. The van der Waals surface area contributed by atoms with Gasteiger partial charge in [-0.05, 0) is 48.7 Å². The van der Waals surface area contributed by atoms with Crippen LogP contribution in [0, 0.1) is 0 Å². The maximum Gasteiger partial charge on any atom is 0.416 e. The molecule has 7 nitrogen and oxygen atoms in total. The van der Waals surface area contributed by atoms with Gasteiger partial charge in [-0.3, -0.25) is 13.9 Å². The van der Waals surface area contributed by atoms with Gasteiger partial charge < -0.3 is 10.2 Å². The molecule has 0 aliphatic rings. The summed E-state index contributed by atoms with van der Waals surface area (Å²) in [5.74, 6) is -1.14. The minimum absolute atomic E-state index is 0.0318. The average molecular weight is 562 g/mol. The van der Waals surface area contributed by atoms with Crippen molar-refractivity contribution in [3.63, 3.8) is 0 Å². The molecule has 0 bridgehead atoms. The first-order valence-corrected chi connectivity index (χ1v) is 14.0. The van der Waals surface area contributed by atoms with E-state index in [1.54, 1.807) is 31.2 Å². The van der Waals surface area contributed by atoms with E-state index >= 15 is 0 Å². The number of halogens is 4. The number of rotatable bonds is 12. The van der Waals surface area contributed by atoms with Crippen LogP contribution < -0.4 is 9.62 Å². The molecule has 0 heterocycles. The molecule has 0 saturated heterocycles. The molecule has 0 unspecified atom stereocenters. The van der Waals surface area contributed by atoms with Crippen molar-refractivity contribution in [2.75, 3.05) is 23.7 Å². The highest BCUT2D eigenvalue weighted by Gasteiger charge is 2.34. The highest BCUT2D eigenvalue weighted by Crippen LogP contribution is 2.32. The lowest BCUT2D eigenvalue weighted by molar-refractivity contribution is -0.140. The van der Waals surface area contributed by atoms with E-state index in [4.69, 9.17) is 11.6 Å². The van der Waals surface area contributed by atoms with Crippen molar-refractivity contribution in [1.82, 2.24) is 10.2 Å². The van der Waals surface area contributed by atoms with Gasteiger partial charge in [0.1, 0.15) is 12.6 Å². The summed E-state index contributed by atoms with van der Waals surface area (Å²) in [6, 6.07) is 9.39. The Morgan fingerprint density at radius 2 is 1.73 bits per heavy atom. The third kappa shape index (κ3) is 8.92. The minimum atomic E-state index is -4.70. The molecule has 1 atom stereocenters. The second kappa shape index (κ2) is 13.1. The summed E-state index contributed by atoms with van der Waals surface area (Å²) < 4.78 is 65.5. The molecule has 204 valence electrons. The normalized spacial score (nSPS) is 12.6. The van der Waals surface area contributed by atoms with Crippen molar-refractivity contribution in [3.8, 4) is 0 Å². The Morgan fingerprint density at radius 1 is 1.08 bits per heavy atom. The van der Waals surface area contributed by atoms with Crippen LogP contribution in [0.25, 0.3) is 0 Å². The number of alkyl halides is 3. The number of benzene rings is 2. The van der Waals surface area contributed by atoms with Crippen LogP contribution in [-0.4, -0.2) is 50.5 Å². The molecule has 37 heavy (non-hydrogen) atoms. The fraction of sp³-hybridized carbons (Fsp3) is 0.440. The lowest BCUT2D eigenvalue weighted by Crippen LogP contribution is -2.52. The van der Waals surface area contributed by atoms with E-state index in [1.807, 2.05) is 6.92 Å². The highest BCUT2D eigenvalue weighted by molar-refractivity contribution is 7.92. The predicted molar refractivity (Wildman–Crippen MR) is 138 cm³/mol. The molecule has 2 aromatic carbocycles. The van der Waals surface area contributed by atoms with Crippen LogP contribution in [0.3, 0.4) is 0 Å². The first kappa shape index (κ1) is 30.4. The molecule has 0 saturated carbocycles. The monoisotopic (exact) mass is 561 g/mol. The van der Waals surface area contributed by atoms with E-state index in [-0.39, 0.29) is 18.7 Å². The number of unbranched alkanes of at least 4 members (excludes halogenated alkanes) is 1. The summed E-state index contributed by atoms with van der Waals surface area (Å²) >= 11 is 5.96. The van der Waals surface area contributed by atoms with Gasteiger partial charge >= 0.3 is 6.18 Å². The Balaban J connectivity index is 2.45. The van der Waals surface area contributed by atoms with Gasteiger partial charge in [0.05, 0.1) is 17.5 Å². The summed E-state index contributed by atoms with van der Waals surface area (Å²) in [6.07, 6.45) is -2.07. The Kier molecular flexibility index (Phi) is 10.8. The second-order valence-corrected chi connectivity index (χ2v) is 10.9. The molecule has 0 aliphatic carbocycles. The van der Waals surface area contributed by atoms with Crippen molar-refractivity contribution >= 4 is 39.1 Å². The molecule has 2 aromatic rings. The smallest absolute Gasteiger partial charge is 0.354 e. The number of sulfonamides is 1. The maximum atomic E-state index is 13.6. The van der Waals surface area contributed by atoms with Gasteiger partial charge in [-0.1, -0.05) is 50.1 Å². The molecule has 0 radical (unpaired) electrons. The number of amides is 2. The molecule has 0 fully saturated rings. The standard InChI is InChI=1S/C25H31ClF3N3O4S/c1-4-6-14-30-24(34)22(5-2)31(16-18-10-12-20(26)13-11-18)23(33)17-32(37(3,35)36)21-9-7-8-19(15-21)25(27,28)29/h7-13,15,22H,4-6,14,16-17H2,1-3H3,(H,30,34)/t22-/m0/s1. The van der Waals surface area contributed by atoms with Crippen molar-refractivity contribution in [1.29, 1.82) is 0 Å². The molecule has 1 N–H and O–H groups in total. The lowest BCUT2D eigenvalue weighted by atomic mass is 10.1. The fourth-order valence-electron chi connectivity index (χ4n) is 3.66. The van der Waals surface area contributed by atoms with Gasteiger partial charge in [-0.2, -0.15) is 13.2 Å². The van der Waals surface area contributed by atoms with Crippen molar-refractivity contribution in [2.24, 2.45) is 0 Å². The Bertz CT molecular complexity index is 1170. The second-order valence-electron chi connectivity index (χ2n) is 8.53. The first-order chi connectivity index (χ1) is 17.3. The van der Waals surface area contributed by atoms with E-state index in [2.05, 4.69) is 5.32 Å². The van der Waals surface area contributed by atoms with Crippen LogP contribution in [0.4, 0.5) is 18.9 Å². The van der Waals surface area contributed by atoms with Gasteiger partial charge in [0, 0.05) is 18.1 Å². The molecular formula is C25H31ClF3N3O4S. The molecule has 2 rings (SSSR count). The van der Waals surface area contributed by atoms with Crippen LogP contribution in [0.15, 0.2) is 48.5 Å². The number of hydrogen-bond acceptors (Lipinski definition) is 4. The summed E-state index contributed by atoms with van der Waals surface area (Å²) in [6.45, 7) is 3.28. The van der Waals surface area contributed by atoms with E-state index in [1.165, 1.54) is 11.0 Å². The number of nitrogens with one attached hydrogen (secondary N) is 1. The Labute approximate surface area is 220 Å². The predicted octanol–water partition coefficient (Wildman–Crippen LogP) is 4.85. The zero-order valence-electron chi connectivity index (χ0n) is 20.9. The van der Waals surface area contributed by atoms with Crippen LogP contribution in [0.2, 0.25) is 5.02 Å². The highest BCUT2D eigenvalue weighted by atomic mass is 35.5. The zero-order chi connectivity index (χ0) is 27.8. The van der Waals surface area contributed by atoms with Gasteiger partial charge in [-0.15, -0.1) is 0 Å². The SMILES string of the molecule is CCCCNC(=O)[C@H](CC)N(Cc1ccc(Cl)cc1)C(=O)CN(c1cccc(C(F)(F)F)c1)S(C)(=O)=O. The van der Waals surface area contributed by atoms with Gasteiger partial charge in [0.2, 0.25) is 21.8 Å². The third-order valence-corrected chi connectivity index (χ3v) is 7.01. The van der Waals surface area contributed by atoms with Crippen LogP contribution in [-0.2, 0) is 32.3 Å². The van der Waals surface area contributed by atoms with Gasteiger partial charge in [0.25, 0.3) is 0 Å². The molecule has 12 heteroatoms. The fourth-order valence-corrected chi connectivity index (χ4v) is 4.63. The summed E-state index contributed by atoms with van der Waals surface area (Å²) in [4.78, 5) is 27.8. The number of carbonyl (C=O) groups is 2. The largest absolute Gasteiger partial charge is 0.416 e. The number of anilines is 1. The minimum Gasteiger partial charge on any atom is -0.354 e. The summed E-state index contributed by atoms with van der Waals surface area (Å²) in [5.41, 5.74) is -0.717. The Hall–Kier alpha value is -2.79. The molecule has 0 aliphatic heterocycles. The zero-order valence-corrected chi connectivity index (χ0v) is 22.5. The van der Waals surface area contributed by atoms with Crippen molar-refractivity contribution in [3.05, 3.63) is 64.7 Å². The van der Waals surface area contributed by atoms with E-state index in [0.29, 0.717) is 27.5 Å². The topological polar surface area (TPSA) is 86.8 Å².